The van der Waals surface area contributed by atoms with E-state index in [9.17, 15) is 24.0 Å². The molecule has 0 fully saturated rings. The normalized spacial score (nSPS) is 18.7. The summed E-state index contributed by atoms with van der Waals surface area (Å²) in [5.74, 6) is -3.48. The first-order valence-corrected chi connectivity index (χ1v) is 7.60. The number of benzene rings is 1. The highest BCUT2D eigenvalue weighted by Gasteiger charge is 2.31. The van der Waals surface area contributed by atoms with Crippen LogP contribution >= 0.6 is 0 Å². The summed E-state index contributed by atoms with van der Waals surface area (Å²) in [4.78, 5) is 59.2. The number of Topliss-reactive ketones (excluding diaryl/α,β-unsaturated/α-hetero) is 1. The maximum Gasteiger partial charge on any atom is 0.346 e. The number of carbonyl (C=O) groups excluding carboxylic acids is 5. The van der Waals surface area contributed by atoms with E-state index < -0.39 is 29.7 Å². The second kappa shape index (κ2) is 5.73. The molecule has 0 bridgehead atoms. The van der Waals surface area contributed by atoms with Crippen molar-refractivity contribution in [3.63, 3.8) is 0 Å². The quantitative estimate of drug-likeness (QED) is 0.454. The van der Waals surface area contributed by atoms with Crippen molar-refractivity contribution < 1.29 is 33.4 Å². The molecular weight excluding hydrogens is 340 g/mol. The lowest BCUT2D eigenvalue weighted by atomic mass is 9.96. The molecule has 26 heavy (non-hydrogen) atoms. The summed E-state index contributed by atoms with van der Waals surface area (Å²) in [6.45, 7) is 0. The number of ether oxygens (including phenoxy) is 2. The Morgan fingerprint density at radius 2 is 1.69 bits per heavy atom. The average molecular weight is 349 g/mol. The summed E-state index contributed by atoms with van der Waals surface area (Å²) in [6.07, 6.45) is 5.92. The third kappa shape index (κ3) is 2.50. The molecule has 0 unspecified atom stereocenters. The molecule has 0 atom stereocenters. The van der Waals surface area contributed by atoms with E-state index in [1.165, 1.54) is 30.4 Å². The first-order valence-electron chi connectivity index (χ1n) is 7.60. The van der Waals surface area contributed by atoms with E-state index in [-0.39, 0.29) is 34.3 Å². The summed E-state index contributed by atoms with van der Waals surface area (Å²) >= 11 is 0. The molecule has 1 aromatic rings. The number of allylic oxidation sites excluding steroid dienone is 3. The average Bonchev–Trinajstić information content (AvgIpc) is 2.77. The number of hydrogen-bond donors (Lipinski definition) is 0. The Bertz CT molecular complexity index is 1020. The van der Waals surface area contributed by atoms with Crippen molar-refractivity contribution in [2.75, 3.05) is 0 Å². The Morgan fingerprint density at radius 3 is 2.50 bits per heavy atom. The van der Waals surface area contributed by atoms with E-state index in [0.29, 0.717) is 5.57 Å². The van der Waals surface area contributed by atoms with E-state index in [1.807, 2.05) is 0 Å². The summed E-state index contributed by atoms with van der Waals surface area (Å²) < 4.78 is 9.10. The zero-order valence-electron chi connectivity index (χ0n) is 13.1. The predicted molar refractivity (Wildman–Crippen MR) is 84.8 cm³/mol. The number of carbonyl (C=O) groups is 5. The van der Waals surface area contributed by atoms with Crippen LogP contribution in [0.5, 0.6) is 0 Å². The van der Waals surface area contributed by atoms with Gasteiger partial charge in [0.05, 0.1) is 23.1 Å². The van der Waals surface area contributed by atoms with Gasteiger partial charge in [-0.1, -0.05) is 18.2 Å². The molecule has 127 valence electrons. The fourth-order valence-corrected chi connectivity index (χ4v) is 2.88. The third-order valence-electron chi connectivity index (χ3n) is 4.15. The molecule has 0 amide bonds. The van der Waals surface area contributed by atoms with Gasteiger partial charge in [0.15, 0.2) is 5.78 Å². The van der Waals surface area contributed by atoms with Crippen LogP contribution < -0.4 is 0 Å². The van der Waals surface area contributed by atoms with Gasteiger partial charge in [0, 0.05) is 17.6 Å². The number of hydrogen-bond acceptors (Lipinski definition) is 7. The van der Waals surface area contributed by atoms with Gasteiger partial charge in [0.25, 0.3) is 0 Å². The van der Waals surface area contributed by atoms with Crippen molar-refractivity contribution >= 4 is 29.7 Å². The first-order chi connectivity index (χ1) is 12.4. The van der Waals surface area contributed by atoms with E-state index in [1.54, 1.807) is 12.5 Å². The number of cyclic esters (lactones) is 4. The lowest BCUT2D eigenvalue weighted by Crippen LogP contribution is -2.21. The molecule has 4 rings (SSSR count). The number of esters is 4. The minimum absolute atomic E-state index is 0.0215. The van der Waals surface area contributed by atoms with Crippen LogP contribution in [-0.4, -0.2) is 29.7 Å². The Morgan fingerprint density at radius 1 is 0.923 bits per heavy atom. The Balaban J connectivity index is 1.73. The minimum atomic E-state index is -0.815. The summed E-state index contributed by atoms with van der Waals surface area (Å²) in [5.41, 5.74) is 1.06. The van der Waals surface area contributed by atoms with Crippen molar-refractivity contribution in [3.8, 4) is 0 Å². The summed E-state index contributed by atoms with van der Waals surface area (Å²) in [7, 11) is 0. The van der Waals surface area contributed by atoms with Crippen LogP contribution in [0, 0.1) is 6.42 Å². The maximum atomic E-state index is 12.8. The van der Waals surface area contributed by atoms with Gasteiger partial charge in [-0.25, -0.2) is 14.4 Å². The molecule has 3 aliphatic rings. The molecular formula is C19H9O7. The van der Waals surface area contributed by atoms with Crippen molar-refractivity contribution in [2.45, 2.75) is 6.42 Å². The van der Waals surface area contributed by atoms with Crippen LogP contribution in [0.25, 0.3) is 0 Å². The van der Waals surface area contributed by atoms with Crippen molar-refractivity contribution in [1.82, 2.24) is 0 Å². The number of rotatable bonds is 2. The zero-order chi connectivity index (χ0) is 18.4. The molecule has 7 heteroatoms. The lowest BCUT2D eigenvalue weighted by Gasteiger charge is -2.14. The van der Waals surface area contributed by atoms with Crippen LogP contribution in [0.2, 0.25) is 0 Å². The Hall–Kier alpha value is -3.61. The fraction of sp³-hybridized carbons (Fsp3) is 0.0526. The van der Waals surface area contributed by atoms with Crippen LogP contribution in [-0.2, 0) is 19.1 Å². The SMILES string of the molecule is O=C1CC2=C(C=C(C(=O)c3ccc4c(c3)C(=O)OC4=O)C=C[CH]2)C(=O)O1. The molecule has 7 nitrogen and oxygen atoms in total. The van der Waals surface area contributed by atoms with Crippen molar-refractivity contribution in [1.29, 1.82) is 0 Å². The second-order valence-corrected chi connectivity index (χ2v) is 5.77. The predicted octanol–water partition coefficient (Wildman–Crippen LogP) is 1.65. The molecule has 0 saturated carbocycles. The third-order valence-corrected chi connectivity index (χ3v) is 4.15. The topological polar surface area (TPSA) is 104 Å². The van der Waals surface area contributed by atoms with Crippen LogP contribution in [0.1, 0.15) is 37.5 Å². The van der Waals surface area contributed by atoms with E-state index >= 15 is 0 Å². The van der Waals surface area contributed by atoms with Gasteiger partial charge < -0.3 is 9.47 Å². The van der Waals surface area contributed by atoms with E-state index in [0.717, 1.165) is 0 Å². The number of fused-ring (bicyclic) bond motifs is 1. The highest BCUT2D eigenvalue weighted by atomic mass is 16.6. The summed E-state index contributed by atoms with van der Waals surface area (Å²) in [5, 5.41) is 0. The van der Waals surface area contributed by atoms with E-state index in [4.69, 9.17) is 0 Å². The van der Waals surface area contributed by atoms with Gasteiger partial charge in [0.1, 0.15) is 0 Å². The second-order valence-electron chi connectivity index (χ2n) is 5.77. The van der Waals surface area contributed by atoms with Gasteiger partial charge in [0.2, 0.25) is 0 Å². The largest absolute Gasteiger partial charge is 0.389 e. The molecule has 2 aliphatic heterocycles. The molecule has 0 N–H and O–H groups in total. The zero-order valence-corrected chi connectivity index (χ0v) is 13.1. The van der Waals surface area contributed by atoms with Gasteiger partial charge >= 0.3 is 23.9 Å². The van der Waals surface area contributed by atoms with E-state index in [2.05, 4.69) is 9.47 Å². The lowest BCUT2D eigenvalue weighted by molar-refractivity contribution is -0.157. The first kappa shape index (κ1) is 15.9. The van der Waals surface area contributed by atoms with Crippen molar-refractivity contribution in [3.05, 3.63) is 76.3 Å². The van der Waals surface area contributed by atoms with Gasteiger partial charge in [-0.15, -0.1) is 0 Å². The van der Waals surface area contributed by atoms with Gasteiger partial charge in [-0.3, -0.25) is 9.59 Å². The fourth-order valence-electron chi connectivity index (χ4n) is 2.88. The molecule has 1 aromatic carbocycles. The highest BCUT2D eigenvalue weighted by Crippen LogP contribution is 2.28. The Kier molecular flexibility index (Phi) is 3.50. The van der Waals surface area contributed by atoms with Crippen LogP contribution in [0.15, 0.2) is 53.1 Å². The minimum Gasteiger partial charge on any atom is -0.389 e. The molecule has 0 spiro atoms. The van der Waals surface area contributed by atoms with Gasteiger partial charge in [-0.05, 0) is 23.8 Å². The van der Waals surface area contributed by atoms with Crippen LogP contribution in [0.4, 0.5) is 0 Å². The standard InChI is InChI=1S/C19H9O7/c20-15-8-9-2-1-3-10(6-13(9)18(23)25-15)16(21)11-4-5-12-14(7-11)19(24)26-17(12)22/h1-7H,8H2. The van der Waals surface area contributed by atoms with Gasteiger partial charge in [-0.2, -0.15) is 0 Å². The Labute approximate surface area is 146 Å². The molecule has 0 saturated heterocycles. The molecule has 1 radical (unpaired) electrons. The monoisotopic (exact) mass is 349 g/mol. The molecule has 0 aromatic heterocycles. The maximum absolute atomic E-state index is 12.8. The number of ketones is 1. The summed E-state index contributed by atoms with van der Waals surface area (Å²) in [6, 6.07) is 4.04. The molecule has 2 heterocycles. The highest BCUT2D eigenvalue weighted by molar-refractivity contribution is 6.18. The van der Waals surface area contributed by atoms with Crippen molar-refractivity contribution in [2.24, 2.45) is 0 Å². The smallest absolute Gasteiger partial charge is 0.346 e. The van der Waals surface area contributed by atoms with Crippen LogP contribution in [0.3, 0.4) is 0 Å². The molecule has 1 aliphatic carbocycles.